The van der Waals surface area contributed by atoms with Gasteiger partial charge in [-0.05, 0) is 25.3 Å². The van der Waals surface area contributed by atoms with Crippen molar-refractivity contribution in [3.05, 3.63) is 35.9 Å². The van der Waals surface area contributed by atoms with Gasteiger partial charge < -0.3 is 85.7 Å². The highest BCUT2D eigenvalue weighted by atomic mass is 33.1. The van der Waals surface area contributed by atoms with Gasteiger partial charge in [0.1, 0.15) is 54.9 Å². The number of benzene rings is 1. The van der Waals surface area contributed by atoms with Crippen molar-refractivity contribution in [3.63, 3.8) is 0 Å². The van der Waals surface area contributed by atoms with Gasteiger partial charge in [0.15, 0.2) is 5.96 Å². The molecule has 2 bridgehead atoms. The zero-order valence-corrected chi connectivity index (χ0v) is 43.8. The summed E-state index contributed by atoms with van der Waals surface area (Å²) in [5.41, 5.74) is 17.1. The van der Waals surface area contributed by atoms with E-state index in [1.165, 1.54) is 6.92 Å². The van der Waals surface area contributed by atoms with Gasteiger partial charge in [0, 0.05) is 36.0 Å². The van der Waals surface area contributed by atoms with Crippen molar-refractivity contribution in [1.29, 1.82) is 0 Å². The summed E-state index contributed by atoms with van der Waals surface area (Å²) in [6.07, 6.45) is -2.50. The molecule has 10 amide bonds. The molecule has 2 aliphatic heterocycles. The van der Waals surface area contributed by atoms with E-state index >= 15 is 0 Å². The van der Waals surface area contributed by atoms with Gasteiger partial charge in [-0.25, -0.2) is 0 Å². The Hall–Kier alpha value is -7.04. The van der Waals surface area contributed by atoms with E-state index in [4.69, 9.17) is 17.2 Å². The molecule has 0 saturated carbocycles. The Labute approximate surface area is 449 Å². The van der Waals surface area contributed by atoms with E-state index in [0.29, 0.717) is 5.56 Å². The second kappa shape index (κ2) is 32.4. The van der Waals surface area contributed by atoms with Gasteiger partial charge in [-0.3, -0.25) is 67.3 Å². The fraction of sp³-hybridized carbons (Fsp3) is 0.524. The smallest absolute Gasteiger partial charge is 0.322 e. The van der Waals surface area contributed by atoms with Crippen LogP contribution in [0.15, 0.2) is 35.3 Å². The van der Waals surface area contributed by atoms with Crippen LogP contribution in [0, 0.1) is 0 Å². The van der Waals surface area contributed by atoms with Crippen LogP contribution in [0.2, 0.25) is 0 Å². The van der Waals surface area contributed by atoms with Crippen LogP contribution in [0.4, 0.5) is 0 Å². The molecular weight excluding hydrogens is 1080 g/mol. The first-order chi connectivity index (χ1) is 35.9. The van der Waals surface area contributed by atoms with Crippen LogP contribution < -0.4 is 70.4 Å². The molecule has 2 unspecified atom stereocenters. The number of rotatable bonds is 15. The molecule has 1 aromatic carbocycles. The minimum Gasteiger partial charge on any atom is -0.481 e. The first-order valence-electron chi connectivity index (χ1n) is 22.9. The van der Waals surface area contributed by atoms with E-state index in [0.717, 1.165) is 43.2 Å². The summed E-state index contributed by atoms with van der Waals surface area (Å²) in [6.45, 7) is -0.530. The molecule has 1 aromatic rings. The van der Waals surface area contributed by atoms with Gasteiger partial charge in [-0.1, -0.05) is 73.5 Å². The molecule has 76 heavy (non-hydrogen) atoms. The Kier molecular flexibility index (Phi) is 27.0. The molecule has 2 aliphatic rings. The first kappa shape index (κ1) is 63.3. The Balaban J connectivity index is 2.24. The van der Waals surface area contributed by atoms with Gasteiger partial charge in [0.05, 0.1) is 25.4 Å². The number of aliphatic imine (C=N–C) groups is 1. The molecule has 2 saturated heterocycles. The minimum atomic E-state index is -1.95. The highest BCUT2D eigenvalue weighted by molar-refractivity contribution is 8.77. The third kappa shape index (κ3) is 23.2. The number of carbonyl (C=O) groups excluding carboxylic acids is 10. The number of amides is 10. The van der Waals surface area contributed by atoms with Crippen molar-refractivity contribution in [2.75, 3.05) is 42.6 Å². The second-order valence-corrected chi connectivity index (χ2v) is 21.7. The molecule has 2 fully saturated rings. The molecule has 0 aliphatic carbocycles. The monoisotopic (exact) mass is 1140 g/mol. The molecule has 3 rings (SSSR count). The van der Waals surface area contributed by atoms with Crippen molar-refractivity contribution in [2.24, 2.45) is 22.2 Å². The molecule has 9 atom stereocenters. The zero-order valence-electron chi connectivity index (χ0n) is 40.5. The van der Waals surface area contributed by atoms with Crippen LogP contribution in [0.5, 0.6) is 0 Å². The number of guanidine groups is 1. The maximum atomic E-state index is 14.4. The molecule has 418 valence electrons. The molecule has 2 heterocycles. The average Bonchev–Trinajstić information content (AvgIpc) is 3.35. The number of carbonyl (C=O) groups is 13. The Morgan fingerprint density at radius 2 is 1.17 bits per heavy atom. The SMILES string of the molecule is C[C@H](N)C(=O)NC1CSSC[C@@H](C(=O)NCC(=O)O)NC(=O)[C@H](Cc2ccccc2)NC(=O)[C@@H]2CSSC[C@H](NC(=O)C(CC(=O)O)NC1=O)C(=O)N[C@@H](CCCN=C(N)N)C(=O)NCC(=O)N[C@@H](CC(=O)O)C(=O)N2. The minimum absolute atomic E-state index is 0.0425. The summed E-state index contributed by atoms with van der Waals surface area (Å²) in [7, 11) is 3.24. The maximum Gasteiger partial charge on any atom is 0.322 e. The third-order valence-electron chi connectivity index (χ3n) is 10.4. The van der Waals surface area contributed by atoms with Crippen LogP contribution in [0.25, 0.3) is 0 Å². The lowest BCUT2D eigenvalue weighted by Gasteiger charge is -2.27. The average molecular weight is 1150 g/mol. The molecule has 30 nitrogen and oxygen atoms in total. The summed E-state index contributed by atoms with van der Waals surface area (Å²) in [6, 6.07) is -6.42. The highest BCUT2D eigenvalue weighted by Crippen LogP contribution is 2.25. The molecule has 0 spiro atoms. The molecular formula is C42H60N14O16S4. The van der Waals surface area contributed by atoms with Crippen molar-refractivity contribution >= 4 is 126 Å². The van der Waals surface area contributed by atoms with Gasteiger partial charge in [0.25, 0.3) is 0 Å². The van der Waals surface area contributed by atoms with Gasteiger partial charge in [-0.15, -0.1) is 0 Å². The van der Waals surface area contributed by atoms with Gasteiger partial charge >= 0.3 is 17.9 Å². The van der Waals surface area contributed by atoms with Crippen LogP contribution >= 0.6 is 43.2 Å². The van der Waals surface area contributed by atoms with Crippen LogP contribution in [-0.4, -0.2) is 195 Å². The summed E-state index contributed by atoms with van der Waals surface area (Å²) < 4.78 is 0. The lowest BCUT2D eigenvalue weighted by atomic mass is 10.0. The molecule has 34 heteroatoms. The number of nitrogens with two attached hydrogens (primary N) is 3. The number of carboxylic acids is 3. The Morgan fingerprint density at radius 1 is 0.645 bits per heavy atom. The summed E-state index contributed by atoms with van der Waals surface area (Å²) in [4.78, 5) is 177. The van der Waals surface area contributed by atoms with E-state index in [2.05, 4.69) is 58.2 Å². The van der Waals surface area contributed by atoms with Crippen molar-refractivity contribution in [3.8, 4) is 0 Å². The number of carboxylic acid groups (broad SMARTS) is 3. The molecule has 19 N–H and O–H groups in total. The van der Waals surface area contributed by atoms with Crippen LogP contribution in [0.1, 0.15) is 38.2 Å². The van der Waals surface area contributed by atoms with Gasteiger partial charge in [-0.2, -0.15) is 0 Å². The number of hydrogen-bond acceptors (Lipinski definition) is 19. The largest absolute Gasteiger partial charge is 0.481 e. The second-order valence-electron chi connectivity index (χ2n) is 16.6. The summed E-state index contributed by atoms with van der Waals surface area (Å²) >= 11 is 0. The lowest BCUT2D eigenvalue weighted by molar-refractivity contribution is -0.141. The number of hydrogen-bond donors (Lipinski definition) is 16. The normalized spacial score (nSPS) is 24.6. The number of fused-ring (bicyclic) bond motifs is 5. The topological polar surface area (TPSA) is 493 Å². The van der Waals surface area contributed by atoms with Crippen LogP contribution in [0.3, 0.4) is 0 Å². The number of aliphatic carboxylic acids is 3. The standard InChI is InChI=1S/C42H60N14O16S4/c1-19(43)33(64)53-26-16-74-73-15-25(35(66)48-14-32(62)63)54-36(67)22(10-20-6-3-2-4-7-20)51-41(72)28-18-76-75-17-27(56-38(69)24(12-31(60)61)52-40(26)71)39(70)50-21(8-5-9-46-42(44)45)34(65)47-13-29(57)49-23(11-30(58)59)37(68)55-28/h2-4,6-7,19,21-28H,5,8-18,43H2,1H3,(H,47,65)(H,48,66)(H,49,57)(H,50,70)(H,51,72)(H,52,71)(H,53,64)(H,54,67)(H,55,68)(H,56,69)(H,58,59)(H,60,61)(H,62,63)(H4,44,45,46)/t19-,21-,22-,23-,24?,25-,26?,27-,28-/m0/s1. The predicted molar refractivity (Wildman–Crippen MR) is 277 cm³/mol. The number of nitrogens with zero attached hydrogens (tertiary/aromatic N) is 1. The van der Waals surface area contributed by atoms with Crippen LogP contribution in [-0.2, 0) is 68.7 Å². The molecule has 0 radical (unpaired) electrons. The maximum absolute atomic E-state index is 14.4. The summed E-state index contributed by atoms with van der Waals surface area (Å²) in [5, 5.41) is 52.4. The fourth-order valence-corrected chi connectivity index (χ4v) is 11.2. The van der Waals surface area contributed by atoms with E-state index in [-0.39, 0.29) is 43.3 Å². The molecule has 0 aromatic heterocycles. The quantitative estimate of drug-likeness (QED) is 0.0336. The van der Waals surface area contributed by atoms with E-state index < -0.39 is 169 Å². The van der Waals surface area contributed by atoms with E-state index in [1.54, 1.807) is 30.3 Å². The van der Waals surface area contributed by atoms with E-state index in [9.17, 15) is 77.6 Å². The van der Waals surface area contributed by atoms with Gasteiger partial charge in [0.2, 0.25) is 59.1 Å². The third-order valence-corrected chi connectivity index (χ3v) is 15.3. The Bertz CT molecular complexity index is 2330. The lowest BCUT2D eigenvalue weighted by Crippen LogP contribution is -2.60. The van der Waals surface area contributed by atoms with Crippen molar-refractivity contribution < 1.29 is 77.6 Å². The van der Waals surface area contributed by atoms with Crippen molar-refractivity contribution in [2.45, 2.75) is 93.4 Å². The number of nitrogens with one attached hydrogen (secondary N) is 10. The Morgan fingerprint density at radius 3 is 1.72 bits per heavy atom. The highest BCUT2D eigenvalue weighted by Gasteiger charge is 2.36. The van der Waals surface area contributed by atoms with Crippen molar-refractivity contribution in [1.82, 2.24) is 53.2 Å². The predicted octanol–water partition coefficient (Wildman–Crippen LogP) is -6.44. The summed E-state index contributed by atoms with van der Waals surface area (Å²) in [5.74, 6) is -17.2. The zero-order chi connectivity index (χ0) is 56.5. The van der Waals surface area contributed by atoms with E-state index in [1.807, 2.05) is 0 Å². The first-order valence-corrected chi connectivity index (χ1v) is 27.9. The fourth-order valence-electron chi connectivity index (χ4n) is 6.55.